The van der Waals surface area contributed by atoms with E-state index in [1.807, 2.05) is 0 Å². The second kappa shape index (κ2) is 9.77. The molecule has 0 spiro atoms. The Labute approximate surface area is 194 Å². The van der Waals surface area contributed by atoms with Crippen LogP contribution in [0.1, 0.15) is 49.3 Å². The largest absolute Gasteiger partial charge is 0.347 e. The van der Waals surface area contributed by atoms with Gasteiger partial charge in [-0.1, -0.05) is 25.0 Å². The molecule has 0 saturated heterocycles. The first kappa shape index (κ1) is 23.0. The van der Waals surface area contributed by atoms with E-state index in [4.69, 9.17) is 0 Å². The maximum Gasteiger partial charge on any atom is 0.269 e. The van der Waals surface area contributed by atoms with Crippen molar-refractivity contribution >= 4 is 28.9 Å². The van der Waals surface area contributed by atoms with E-state index in [-0.39, 0.29) is 36.2 Å². The Morgan fingerprint density at radius 1 is 1.00 bits per heavy atom. The molecular weight excluding hydrogens is 442 g/mol. The molecule has 34 heavy (non-hydrogen) atoms. The Hall–Kier alpha value is -4.15. The second-order valence-corrected chi connectivity index (χ2v) is 8.36. The van der Waals surface area contributed by atoms with Crippen molar-refractivity contribution < 1.29 is 19.4 Å². The van der Waals surface area contributed by atoms with Gasteiger partial charge in [-0.05, 0) is 36.1 Å². The number of nitro groups is 2. The van der Waals surface area contributed by atoms with Crippen molar-refractivity contribution in [1.29, 1.82) is 0 Å². The van der Waals surface area contributed by atoms with Gasteiger partial charge in [0, 0.05) is 36.6 Å². The van der Waals surface area contributed by atoms with Gasteiger partial charge in [0.2, 0.25) is 5.91 Å². The standard InChI is InChI=1S/C23H23N5O6/c29-22(14-24-23(30)16-4-1-2-5-16)26-21(17-6-3-7-19(12-17)28(33)34)13-20(25-26)15-8-10-18(11-9-15)27(31)32/h3,6-12,16,21H,1-2,4-5,13-14H2,(H,24,30). The fraction of sp³-hybridized carbons (Fsp3) is 0.348. The van der Waals surface area contributed by atoms with Crippen molar-refractivity contribution in [3.8, 4) is 0 Å². The van der Waals surface area contributed by atoms with Crippen molar-refractivity contribution in [3.63, 3.8) is 0 Å². The number of nitrogens with zero attached hydrogens (tertiary/aromatic N) is 4. The van der Waals surface area contributed by atoms with Crippen LogP contribution in [0.3, 0.4) is 0 Å². The average molecular weight is 465 g/mol. The maximum absolute atomic E-state index is 13.1. The molecule has 1 saturated carbocycles. The number of amides is 2. The van der Waals surface area contributed by atoms with Gasteiger partial charge in [-0.15, -0.1) is 0 Å². The normalized spacial score (nSPS) is 17.9. The van der Waals surface area contributed by atoms with Crippen LogP contribution in [0.25, 0.3) is 0 Å². The average Bonchev–Trinajstić information content (AvgIpc) is 3.53. The van der Waals surface area contributed by atoms with Gasteiger partial charge in [0.25, 0.3) is 17.3 Å². The molecule has 1 heterocycles. The summed E-state index contributed by atoms with van der Waals surface area (Å²) < 4.78 is 0. The van der Waals surface area contributed by atoms with Crippen molar-refractivity contribution in [2.45, 2.75) is 38.1 Å². The van der Waals surface area contributed by atoms with E-state index in [0.29, 0.717) is 16.8 Å². The molecule has 1 N–H and O–H groups in total. The van der Waals surface area contributed by atoms with Crippen molar-refractivity contribution in [2.75, 3.05) is 6.54 Å². The predicted octanol–water partition coefficient (Wildman–Crippen LogP) is 3.49. The summed E-state index contributed by atoms with van der Waals surface area (Å²) in [6, 6.07) is 11.2. The Bertz CT molecular complexity index is 1160. The van der Waals surface area contributed by atoms with Crippen LogP contribution >= 0.6 is 0 Å². The van der Waals surface area contributed by atoms with Gasteiger partial charge in [-0.2, -0.15) is 5.10 Å². The molecule has 2 amide bonds. The topological polar surface area (TPSA) is 148 Å². The molecular formula is C23H23N5O6. The molecule has 4 rings (SSSR count). The first-order chi connectivity index (χ1) is 16.3. The Kier molecular flexibility index (Phi) is 6.62. The first-order valence-electron chi connectivity index (χ1n) is 11.0. The number of nitro benzene ring substituents is 2. The van der Waals surface area contributed by atoms with Crippen LogP contribution in [0.4, 0.5) is 11.4 Å². The Balaban J connectivity index is 1.58. The lowest BCUT2D eigenvalue weighted by Gasteiger charge is -2.22. The molecule has 1 unspecified atom stereocenters. The van der Waals surface area contributed by atoms with Crippen LogP contribution < -0.4 is 5.32 Å². The molecule has 0 bridgehead atoms. The van der Waals surface area contributed by atoms with Gasteiger partial charge in [-0.25, -0.2) is 5.01 Å². The number of hydrogen-bond acceptors (Lipinski definition) is 7. The van der Waals surface area contributed by atoms with Crippen LogP contribution in [0.5, 0.6) is 0 Å². The monoisotopic (exact) mass is 465 g/mol. The van der Waals surface area contributed by atoms with Crippen LogP contribution in [-0.2, 0) is 9.59 Å². The van der Waals surface area contributed by atoms with Gasteiger partial charge in [0.1, 0.15) is 0 Å². The molecule has 2 aliphatic rings. The molecule has 0 aromatic heterocycles. The summed E-state index contributed by atoms with van der Waals surface area (Å²) in [5.41, 5.74) is 1.47. The summed E-state index contributed by atoms with van der Waals surface area (Å²) in [4.78, 5) is 46.6. The van der Waals surface area contributed by atoms with E-state index in [2.05, 4.69) is 10.4 Å². The fourth-order valence-corrected chi connectivity index (χ4v) is 4.37. The maximum atomic E-state index is 13.1. The summed E-state index contributed by atoms with van der Waals surface area (Å²) in [6.07, 6.45) is 3.87. The number of benzene rings is 2. The highest BCUT2D eigenvalue weighted by Gasteiger charge is 2.34. The van der Waals surface area contributed by atoms with Crippen molar-refractivity contribution in [1.82, 2.24) is 10.3 Å². The molecule has 0 radical (unpaired) electrons. The van der Waals surface area contributed by atoms with Gasteiger partial charge < -0.3 is 5.32 Å². The minimum absolute atomic E-state index is 0.0693. The van der Waals surface area contributed by atoms with Crippen LogP contribution in [0.2, 0.25) is 0 Å². The van der Waals surface area contributed by atoms with Gasteiger partial charge in [-0.3, -0.25) is 29.8 Å². The lowest BCUT2D eigenvalue weighted by atomic mass is 9.98. The minimum Gasteiger partial charge on any atom is -0.347 e. The fourth-order valence-electron chi connectivity index (χ4n) is 4.37. The van der Waals surface area contributed by atoms with E-state index in [0.717, 1.165) is 25.7 Å². The van der Waals surface area contributed by atoms with E-state index in [1.54, 1.807) is 24.3 Å². The molecule has 1 aliphatic carbocycles. The molecule has 2 aromatic rings. The Morgan fingerprint density at radius 3 is 2.32 bits per heavy atom. The summed E-state index contributed by atoms with van der Waals surface area (Å²) in [5.74, 6) is -0.686. The lowest BCUT2D eigenvalue weighted by Crippen LogP contribution is -2.39. The van der Waals surface area contributed by atoms with Gasteiger partial charge in [0.05, 0.1) is 28.1 Å². The second-order valence-electron chi connectivity index (χ2n) is 8.36. The number of hydrogen-bond donors (Lipinski definition) is 1. The SMILES string of the molecule is O=C(NCC(=O)N1N=C(c2ccc([N+](=O)[O-])cc2)CC1c1cccc([N+](=O)[O-])c1)C1CCCC1. The number of rotatable bonds is 7. The minimum atomic E-state index is -0.610. The highest BCUT2D eigenvalue weighted by atomic mass is 16.6. The van der Waals surface area contributed by atoms with E-state index in [9.17, 15) is 29.8 Å². The highest BCUT2D eigenvalue weighted by molar-refractivity contribution is 6.03. The molecule has 1 fully saturated rings. The van der Waals surface area contributed by atoms with Crippen LogP contribution in [-0.4, -0.2) is 38.9 Å². The van der Waals surface area contributed by atoms with Crippen LogP contribution in [0.15, 0.2) is 53.6 Å². The lowest BCUT2D eigenvalue weighted by molar-refractivity contribution is -0.385. The zero-order valence-electron chi connectivity index (χ0n) is 18.3. The number of nitrogens with one attached hydrogen (secondary N) is 1. The highest BCUT2D eigenvalue weighted by Crippen LogP contribution is 2.34. The summed E-state index contributed by atoms with van der Waals surface area (Å²) in [7, 11) is 0. The molecule has 176 valence electrons. The number of hydrazone groups is 1. The molecule has 1 aliphatic heterocycles. The number of carbonyl (C=O) groups excluding carboxylic acids is 2. The third kappa shape index (κ3) is 4.92. The summed E-state index contributed by atoms with van der Waals surface area (Å²) in [5, 5.41) is 30.6. The Morgan fingerprint density at radius 2 is 1.68 bits per heavy atom. The third-order valence-corrected chi connectivity index (χ3v) is 6.18. The van der Waals surface area contributed by atoms with E-state index < -0.39 is 21.8 Å². The van der Waals surface area contributed by atoms with Crippen LogP contribution in [0, 0.1) is 26.1 Å². The summed E-state index contributed by atoms with van der Waals surface area (Å²) in [6.45, 7) is -0.238. The summed E-state index contributed by atoms with van der Waals surface area (Å²) >= 11 is 0. The number of carbonyl (C=O) groups is 2. The zero-order chi connectivity index (χ0) is 24.2. The van der Waals surface area contributed by atoms with E-state index in [1.165, 1.54) is 29.3 Å². The molecule has 1 atom stereocenters. The van der Waals surface area contributed by atoms with E-state index >= 15 is 0 Å². The molecule has 2 aromatic carbocycles. The number of non-ortho nitro benzene ring substituents is 2. The molecule has 11 nitrogen and oxygen atoms in total. The quantitative estimate of drug-likeness (QED) is 0.489. The zero-order valence-corrected chi connectivity index (χ0v) is 18.3. The smallest absolute Gasteiger partial charge is 0.269 e. The third-order valence-electron chi connectivity index (χ3n) is 6.18. The first-order valence-corrected chi connectivity index (χ1v) is 11.0. The van der Waals surface area contributed by atoms with Gasteiger partial charge >= 0.3 is 0 Å². The van der Waals surface area contributed by atoms with Gasteiger partial charge in [0.15, 0.2) is 0 Å². The van der Waals surface area contributed by atoms with Crippen molar-refractivity contribution in [2.24, 2.45) is 11.0 Å². The predicted molar refractivity (Wildman–Crippen MR) is 122 cm³/mol. The van der Waals surface area contributed by atoms with Crippen molar-refractivity contribution in [3.05, 3.63) is 79.9 Å². The molecule has 11 heteroatoms.